The maximum absolute atomic E-state index is 12.6. The zero-order valence-electron chi connectivity index (χ0n) is 18.6. The van der Waals surface area contributed by atoms with Crippen molar-refractivity contribution in [2.24, 2.45) is 5.92 Å². The molecule has 1 aliphatic heterocycles. The van der Waals surface area contributed by atoms with Crippen molar-refractivity contribution in [3.8, 4) is 11.5 Å². The maximum Gasteiger partial charge on any atom is 0.255 e. The largest absolute Gasteiger partial charge is 0.493 e. The summed E-state index contributed by atoms with van der Waals surface area (Å²) in [6.07, 6.45) is 2.23. The van der Waals surface area contributed by atoms with Crippen LogP contribution < -0.4 is 19.7 Å². The van der Waals surface area contributed by atoms with Gasteiger partial charge in [-0.15, -0.1) is 0 Å². The summed E-state index contributed by atoms with van der Waals surface area (Å²) in [5, 5.41) is 2.85. The van der Waals surface area contributed by atoms with Crippen LogP contribution in [0.15, 0.2) is 36.5 Å². The third kappa shape index (κ3) is 5.65. The number of amides is 2. The number of carbonyl (C=O) groups excluding carboxylic acids is 2. The van der Waals surface area contributed by atoms with Gasteiger partial charge in [0.05, 0.1) is 26.1 Å². The number of rotatable bonds is 7. The van der Waals surface area contributed by atoms with Crippen LogP contribution in [-0.4, -0.2) is 62.1 Å². The van der Waals surface area contributed by atoms with Crippen molar-refractivity contribution < 1.29 is 19.1 Å². The number of pyridine rings is 1. The van der Waals surface area contributed by atoms with Gasteiger partial charge in [-0.1, -0.05) is 13.8 Å². The van der Waals surface area contributed by atoms with Crippen molar-refractivity contribution in [1.29, 1.82) is 0 Å². The van der Waals surface area contributed by atoms with E-state index in [9.17, 15) is 9.59 Å². The van der Waals surface area contributed by atoms with E-state index in [1.54, 1.807) is 31.5 Å². The summed E-state index contributed by atoms with van der Waals surface area (Å²) < 4.78 is 10.5. The number of methoxy groups -OCH3 is 2. The van der Waals surface area contributed by atoms with E-state index in [0.29, 0.717) is 48.2 Å². The molecule has 0 aliphatic carbocycles. The molecule has 2 heterocycles. The zero-order chi connectivity index (χ0) is 22.4. The number of nitrogens with zero attached hydrogens (tertiary/aromatic N) is 3. The van der Waals surface area contributed by atoms with Crippen LogP contribution in [0.3, 0.4) is 0 Å². The van der Waals surface area contributed by atoms with Gasteiger partial charge in [0.15, 0.2) is 11.5 Å². The van der Waals surface area contributed by atoms with Crippen molar-refractivity contribution in [3.05, 3.63) is 42.1 Å². The van der Waals surface area contributed by atoms with Gasteiger partial charge in [0, 0.05) is 38.2 Å². The predicted molar refractivity (Wildman–Crippen MR) is 120 cm³/mol. The highest BCUT2D eigenvalue weighted by Gasteiger charge is 2.22. The Kier molecular flexibility index (Phi) is 7.33. The molecule has 166 valence electrons. The minimum atomic E-state index is -0.257. The number of benzene rings is 1. The van der Waals surface area contributed by atoms with E-state index in [1.165, 1.54) is 7.11 Å². The Hall–Kier alpha value is -3.29. The Morgan fingerprint density at radius 3 is 2.32 bits per heavy atom. The van der Waals surface area contributed by atoms with E-state index >= 15 is 0 Å². The lowest BCUT2D eigenvalue weighted by atomic mass is 10.1. The second-order valence-corrected chi connectivity index (χ2v) is 7.89. The van der Waals surface area contributed by atoms with Crippen molar-refractivity contribution in [2.45, 2.75) is 20.3 Å². The van der Waals surface area contributed by atoms with Crippen LogP contribution in [0.25, 0.3) is 0 Å². The molecular formula is C23H30N4O4. The Morgan fingerprint density at radius 1 is 1.03 bits per heavy atom. The minimum Gasteiger partial charge on any atom is -0.493 e. The van der Waals surface area contributed by atoms with Crippen molar-refractivity contribution in [2.75, 3.05) is 50.6 Å². The molecule has 1 aromatic heterocycles. The number of nitrogens with one attached hydrogen (secondary N) is 1. The van der Waals surface area contributed by atoms with Gasteiger partial charge in [-0.2, -0.15) is 0 Å². The fraction of sp³-hybridized carbons (Fsp3) is 0.435. The van der Waals surface area contributed by atoms with E-state index < -0.39 is 0 Å². The number of aromatic nitrogens is 1. The molecule has 1 aliphatic rings. The summed E-state index contributed by atoms with van der Waals surface area (Å²) >= 11 is 0. The van der Waals surface area contributed by atoms with Gasteiger partial charge in [0.1, 0.15) is 5.82 Å². The third-order valence-corrected chi connectivity index (χ3v) is 5.19. The molecule has 8 heteroatoms. The summed E-state index contributed by atoms with van der Waals surface area (Å²) in [6.45, 7) is 7.01. The SMILES string of the molecule is COc1ccc(C(=O)Nc2ccc(N3CCN(C(=O)CC(C)C)CC3)nc2)cc1OC. The molecule has 0 atom stereocenters. The number of hydrogen-bond acceptors (Lipinski definition) is 6. The summed E-state index contributed by atoms with van der Waals surface area (Å²) in [5.41, 5.74) is 1.07. The monoisotopic (exact) mass is 426 g/mol. The first-order chi connectivity index (χ1) is 14.9. The van der Waals surface area contributed by atoms with Crippen LogP contribution in [0.1, 0.15) is 30.6 Å². The molecule has 2 aromatic rings. The maximum atomic E-state index is 12.6. The fourth-order valence-corrected chi connectivity index (χ4v) is 3.49. The molecular weight excluding hydrogens is 396 g/mol. The molecule has 0 radical (unpaired) electrons. The van der Waals surface area contributed by atoms with Gasteiger partial charge in [0.2, 0.25) is 5.91 Å². The van der Waals surface area contributed by atoms with E-state index in [-0.39, 0.29) is 11.8 Å². The standard InChI is InChI=1S/C23H30N4O4/c1-16(2)13-22(28)27-11-9-26(10-12-27)21-8-6-18(15-24-21)25-23(29)17-5-7-19(30-3)20(14-17)31-4/h5-8,14-16H,9-13H2,1-4H3,(H,25,29). The number of carbonyl (C=O) groups is 2. The zero-order valence-corrected chi connectivity index (χ0v) is 18.6. The van der Waals surface area contributed by atoms with Crippen LogP contribution >= 0.6 is 0 Å². The van der Waals surface area contributed by atoms with Gasteiger partial charge in [-0.05, 0) is 36.2 Å². The van der Waals surface area contributed by atoms with Crippen LogP contribution in [-0.2, 0) is 4.79 Å². The predicted octanol–water partition coefficient (Wildman–Crippen LogP) is 3.05. The molecule has 2 amide bonds. The van der Waals surface area contributed by atoms with E-state index in [1.807, 2.05) is 17.0 Å². The van der Waals surface area contributed by atoms with Gasteiger partial charge in [-0.25, -0.2) is 4.98 Å². The Morgan fingerprint density at radius 2 is 1.74 bits per heavy atom. The third-order valence-electron chi connectivity index (χ3n) is 5.19. The quantitative estimate of drug-likeness (QED) is 0.733. The first kappa shape index (κ1) is 22.4. The molecule has 1 N–H and O–H groups in total. The summed E-state index contributed by atoms with van der Waals surface area (Å²) in [5.74, 6) is 2.23. The molecule has 3 rings (SSSR count). The van der Waals surface area contributed by atoms with Crippen LogP contribution in [0.5, 0.6) is 11.5 Å². The second-order valence-electron chi connectivity index (χ2n) is 7.89. The number of hydrogen-bond donors (Lipinski definition) is 1. The number of piperazine rings is 1. The minimum absolute atomic E-state index is 0.218. The molecule has 31 heavy (non-hydrogen) atoms. The highest BCUT2D eigenvalue weighted by atomic mass is 16.5. The lowest BCUT2D eigenvalue weighted by Crippen LogP contribution is -2.49. The Bertz CT molecular complexity index is 906. The van der Waals surface area contributed by atoms with Crippen LogP contribution in [0.4, 0.5) is 11.5 Å². The molecule has 0 unspecified atom stereocenters. The molecule has 0 saturated carbocycles. The first-order valence-corrected chi connectivity index (χ1v) is 10.4. The summed E-state index contributed by atoms with van der Waals surface area (Å²) in [7, 11) is 3.08. The van der Waals surface area contributed by atoms with Crippen LogP contribution in [0.2, 0.25) is 0 Å². The summed E-state index contributed by atoms with van der Waals surface area (Å²) in [4.78, 5) is 33.4. The van der Waals surface area contributed by atoms with E-state index in [2.05, 4.69) is 29.0 Å². The molecule has 1 saturated heterocycles. The van der Waals surface area contributed by atoms with E-state index in [4.69, 9.17) is 9.47 Å². The molecule has 0 bridgehead atoms. The van der Waals surface area contributed by atoms with Gasteiger partial charge in [-0.3, -0.25) is 9.59 Å². The fourth-order valence-electron chi connectivity index (χ4n) is 3.49. The van der Waals surface area contributed by atoms with Crippen molar-refractivity contribution in [1.82, 2.24) is 9.88 Å². The Labute approximate surface area is 183 Å². The molecule has 1 fully saturated rings. The van der Waals surface area contributed by atoms with Crippen molar-refractivity contribution in [3.63, 3.8) is 0 Å². The molecule has 0 spiro atoms. The van der Waals surface area contributed by atoms with Gasteiger partial charge >= 0.3 is 0 Å². The van der Waals surface area contributed by atoms with Gasteiger partial charge < -0.3 is 24.6 Å². The van der Waals surface area contributed by atoms with Gasteiger partial charge in [0.25, 0.3) is 5.91 Å². The van der Waals surface area contributed by atoms with E-state index in [0.717, 1.165) is 18.9 Å². The highest BCUT2D eigenvalue weighted by Crippen LogP contribution is 2.28. The normalized spacial score (nSPS) is 13.8. The van der Waals surface area contributed by atoms with Crippen LogP contribution in [0, 0.1) is 5.92 Å². The smallest absolute Gasteiger partial charge is 0.255 e. The molecule has 8 nitrogen and oxygen atoms in total. The first-order valence-electron chi connectivity index (χ1n) is 10.4. The topological polar surface area (TPSA) is 84.0 Å². The highest BCUT2D eigenvalue weighted by molar-refractivity contribution is 6.04. The molecule has 1 aromatic carbocycles. The summed E-state index contributed by atoms with van der Waals surface area (Å²) in [6, 6.07) is 8.72. The lowest BCUT2D eigenvalue weighted by Gasteiger charge is -2.35. The number of ether oxygens (including phenoxy) is 2. The van der Waals surface area contributed by atoms with Crippen molar-refractivity contribution >= 4 is 23.3 Å². The Balaban J connectivity index is 1.57. The second kappa shape index (κ2) is 10.1. The number of anilines is 2. The lowest BCUT2D eigenvalue weighted by molar-refractivity contribution is -0.132. The average Bonchev–Trinajstić information content (AvgIpc) is 2.78. The average molecular weight is 427 g/mol.